The summed E-state index contributed by atoms with van der Waals surface area (Å²) in [5, 5.41) is 0. The number of hydrogen-bond donors (Lipinski definition) is 1. The average molecular weight is 298 g/mol. The van der Waals surface area contributed by atoms with Crippen molar-refractivity contribution in [1.29, 1.82) is 0 Å². The Morgan fingerprint density at radius 2 is 1.62 bits per heavy atom. The van der Waals surface area contributed by atoms with E-state index in [2.05, 4.69) is 32.6 Å². The van der Waals surface area contributed by atoms with E-state index in [4.69, 9.17) is 5.73 Å². The first-order valence-electron chi connectivity index (χ1n) is 7.85. The van der Waals surface area contributed by atoms with Crippen molar-refractivity contribution in [2.75, 3.05) is 13.1 Å². The van der Waals surface area contributed by atoms with Gasteiger partial charge in [-0.05, 0) is 30.9 Å². The number of halogens is 2. The van der Waals surface area contributed by atoms with Gasteiger partial charge in [-0.1, -0.05) is 33.8 Å². The number of benzene rings is 1. The predicted octanol–water partition coefficient (Wildman–Crippen LogP) is 4.11. The Labute approximate surface area is 127 Å². The third-order valence-electron chi connectivity index (χ3n) is 3.94. The standard InChI is InChI=1S/C17H28F2N2/c1-5-13(6-2)21(11-12(3)4)16(10-20)17-14(18)8-7-9-15(17)19/h7-9,12-13,16H,5-6,10-11,20H2,1-4H3. The van der Waals surface area contributed by atoms with Crippen LogP contribution in [0.1, 0.15) is 52.1 Å². The maximum Gasteiger partial charge on any atom is 0.130 e. The van der Waals surface area contributed by atoms with Gasteiger partial charge in [-0.3, -0.25) is 4.90 Å². The predicted molar refractivity (Wildman–Crippen MR) is 84.1 cm³/mol. The Morgan fingerprint density at radius 3 is 2.00 bits per heavy atom. The molecule has 1 atom stereocenters. The van der Waals surface area contributed by atoms with Gasteiger partial charge < -0.3 is 5.73 Å². The van der Waals surface area contributed by atoms with E-state index in [9.17, 15) is 8.78 Å². The average Bonchev–Trinajstić information content (AvgIpc) is 2.43. The van der Waals surface area contributed by atoms with E-state index in [1.165, 1.54) is 18.2 Å². The largest absolute Gasteiger partial charge is 0.329 e. The Hall–Kier alpha value is -1.00. The minimum Gasteiger partial charge on any atom is -0.329 e. The number of rotatable bonds is 8. The number of hydrogen-bond acceptors (Lipinski definition) is 2. The van der Waals surface area contributed by atoms with Crippen LogP contribution in [0, 0.1) is 17.6 Å². The van der Waals surface area contributed by atoms with Crippen LogP contribution in [0.3, 0.4) is 0 Å². The van der Waals surface area contributed by atoms with E-state index in [0.717, 1.165) is 19.4 Å². The Balaban J connectivity index is 3.23. The van der Waals surface area contributed by atoms with E-state index in [1.54, 1.807) is 0 Å². The van der Waals surface area contributed by atoms with Gasteiger partial charge in [0.05, 0.1) is 6.04 Å². The van der Waals surface area contributed by atoms with Crippen molar-refractivity contribution >= 4 is 0 Å². The lowest BCUT2D eigenvalue weighted by molar-refractivity contribution is 0.108. The molecular formula is C17H28F2N2. The van der Waals surface area contributed by atoms with Crippen molar-refractivity contribution in [3.8, 4) is 0 Å². The fraction of sp³-hybridized carbons (Fsp3) is 0.647. The van der Waals surface area contributed by atoms with Gasteiger partial charge in [0, 0.05) is 24.7 Å². The van der Waals surface area contributed by atoms with Crippen LogP contribution in [0.2, 0.25) is 0 Å². The summed E-state index contributed by atoms with van der Waals surface area (Å²) in [6.07, 6.45) is 1.88. The summed E-state index contributed by atoms with van der Waals surface area (Å²) in [7, 11) is 0. The first-order chi connectivity index (χ1) is 9.96. The van der Waals surface area contributed by atoms with Crippen molar-refractivity contribution in [2.24, 2.45) is 11.7 Å². The molecule has 0 amide bonds. The van der Waals surface area contributed by atoms with Crippen molar-refractivity contribution in [2.45, 2.75) is 52.6 Å². The molecule has 0 aliphatic heterocycles. The van der Waals surface area contributed by atoms with Crippen LogP contribution in [-0.2, 0) is 0 Å². The molecule has 120 valence electrons. The Morgan fingerprint density at radius 1 is 1.10 bits per heavy atom. The fourth-order valence-corrected chi connectivity index (χ4v) is 2.96. The molecule has 1 aromatic carbocycles. The van der Waals surface area contributed by atoms with Crippen LogP contribution in [0.4, 0.5) is 8.78 Å². The topological polar surface area (TPSA) is 29.3 Å². The molecule has 0 fully saturated rings. The summed E-state index contributed by atoms with van der Waals surface area (Å²) in [4.78, 5) is 2.17. The molecule has 1 aromatic rings. The van der Waals surface area contributed by atoms with E-state index in [1.807, 2.05) is 0 Å². The van der Waals surface area contributed by atoms with Gasteiger partial charge in [-0.15, -0.1) is 0 Å². The van der Waals surface area contributed by atoms with Gasteiger partial charge >= 0.3 is 0 Å². The zero-order valence-electron chi connectivity index (χ0n) is 13.6. The van der Waals surface area contributed by atoms with Crippen LogP contribution in [-0.4, -0.2) is 24.0 Å². The van der Waals surface area contributed by atoms with Crippen LogP contribution < -0.4 is 5.73 Å². The van der Waals surface area contributed by atoms with E-state index in [0.29, 0.717) is 5.92 Å². The normalized spacial score (nSPS) is 13.4. The van der Waals surface area contributed by atoms with Crippen molar-refractivity contribution in [1.82, 2.24) is 4.90 Å². The second-order valence-corrected chi connectivity index (χ2v) is 5.95. The highest BCUT2D eigenvalue weighted by Crippen LogP contribution is 2.29. The first-order valence-corrected chi connectivity index (χ1v) is 7.85. The lowest BCUT2D eigenvalue weighted by atomic mass is 9.98. The molecule has 0 bridgehead atoms. The molecule has 0 heterocycles. The van der Waals surface area contributed by atoms with Gasteiger partial charge in [0.1, 0.15) is 11.6 Å². The van der Waals surface area contributed by atoms with Gasteiger partial charge in [0.2, 0.25) is 0 Å². The van der Waals surface area contributed by atoms with Crippen LogP contribution in [0.25, 0.3) is 0 Å². The van der Waals surface area contributed by atoms with Crippen LogP contribution >= 0.6 is 0 Å². The third kappa shape index (κ3) is 4.48. The molecule has 2 nitrogen and oxygen atoms in total. The molecule has 2 N–H and O–H groups in total. The maximum absolute atomic E-state index is 14.1. The van der Waals surface area contributed by atoms with Gasteiger partial charge in [0.25, 0.3) is 0 Å². The minimum atomic E-state index is -0.509. The molecule has 0 aromatic heterocycles. The maximum atomic E-state index is 14.1. The molecule has 1 unspecified atom stereocenters. The SMILES string of the molecule is CCC(CC)N(CC(C)C)C(CN)c1c(F)cccc1F. The highest BCUT2D eigenvalue weighted by Gasteiger charge is 2.29. The minimum absolute atomic E-state index is 0.104. The van der Waals surface area contributed by atoms with Crippen molar-refractivity contribution in [3.05, 3.63) is 35.4 Å². The smallest absolute Gasteiger partial charge is 0.130 e. The number of nitrogens with zero attached hydrogens (tertiary/aromatic N) is 1. The molecular weight excluding hydrogens is 270 g/mol. The molecule has 4 heteroatoms. The summed E-state index contributed by atoms with van der Waals surface area (Å²) >= 11 is 0. The number of nitrogens with two attached hydrogens (primary N) is 1. The Kier molecular flexibility index (Phi) is 7.26. The lowest BCUT2D eigenvalue weighted by Crippen LogP contribution is -2.43. The molecule has 0 saturated heterocycles. The highest BCUT2D eigenvalue weighted by atomic mass is 19.1. The highest BCUT2D eigenvalue weighted by molar-refractivity contribution is 5.24. The zero-order chi connectivity index (χ0) is 16.0. The molecule has 0 aliphatic rings. The van der Waals surface area contributed by atoms with Gasteiger partial charge in [-0.2, -0.15) is 0 Å². The Bertz CT molecular complexity index is 411. The van der Waals surface area contributed by atoms with Gasteiger partial charge in [-0.25, -0.2) is 8.78 Å². The van der Waals surface area contributed by atoms with Gasteiger partial charge in [0.15, 0.2) is 0 Å². The first kappa shape index (κ1) is 18.1. The molecule has 0 aliphatic carbocycles. The molecule has 0 saturated carbocycles. The molecule has 1 rings (SSSR count). The zero-order valence-corrected chi connectivity index (χ0v) is 13.6. The molecule has 0 spiro atoms. The summed E-state index contributed by atoms with van der Waals surface area (Å²) in [6, 6.07) is 3.87. The fourth-order valence-electron chi connectivity index (χ4n) is 2.96. The van der Waals surface area contributed by atoms with E-state index < -0.39 is 17.7 Å². The molecule has 0 radical (unpaired) electrons. The summed E-state index contributed by atoms with van der Waals surface area (Å²) in [6.45, 7) is 9.42. The van der Waals surface area contributed by atoms with Crippen molar-refractivity contribution < 1.29 is 8.78 Å². The second-order valence-electron chi connectivity index (χ2n) is 5.95. The second kappa shape index (κ2) is 8.44. The van der Waals surface area contributed by atoms with E-state index >= 15 is 0 Å². The monoisotopic (exact) mass is 298 g/mol. The third-order valence-corrected chi connectivity index (χ3v) is 3.94. The lowest BCUT2D eigenvalue weighted by Gasteiger charge is -2.38. The summed E-state index contributed by atoms with van der Waals surface area (Å²) in [5.74, 6) is -0.607. The quantitative estimate of drug-likeness (QED) is 0.782. The van der Waals surface area contributed by atoms with E-state index in [-0.39, 0.29) is 18.2 Å². The van der Waals surface area contributed by atoms with Crippen molar-refractivity contribution in [3.63, 3.8) is 0 Å². The summed E-state index contributed by atoms with van der Waals surface area (Å²) < 4.78 is 28.3. The van der Waals surface area contributed by atoms with Crippen LogP contribution in [0.15, 0.2) is 18.2 Å². The summed E-state index contributed by atoms with van der Waals surface area (Å²) in [5.41, 5.74) is 6.00. The van der Waals surface area contributed by atoms with Crippen LogP contribution in [0.5, 0.6) is 0 Å². The molecule has 21 heavy (non-hydrogen) atoms.